The molecule has 0 aliphatic heterocycles. The quantitative estimate of drug-likeness (QED) is 0.651. The monoisotopic (exact) mass is 375 g/mol. The molecule has 0 spiro atoms. The molecule has 136 valence electrons. The highest BCUT2D eigenvalue weighted by atomic mass is 35.5. The number of nitro benzene ring substituents is 1. The first-order valence-electron chi connectivity index (χ1n) is 7.76. The molecule has 0 unspecified atom stereocenters. The number of rotatable bonds is 3. The van der Waals surface area contributed by atoms with Crippen molar-refractivity contribution in [2.24, 2.45) is 0 Å². The standard InChI is InChI=1S/C18H18ClN3O4/c1-18(2,3)21(20-16(23)12-7-5-4-6-8-12)17(24)14-10-9-13(22(25)26)11-15(14)19/h4-11H,1-3H3,(H,20,23). The van der Waals surface area contributed by atoms with Gasteiger partial charge in [-0.25, -0.2) is 5.01 Å². The summed E-state index contributed by atoms with van der Waals surface area (Å²) >= 11 is 6.05. The summed E-state index contributed by atoms with van der Waals surface area (Å²) in [4.78, 5) is 35.6. The number of nitrogens with zero attached hydrogens (tertiary/aromatic N) is 2. The molecule has 2 amide bonds. The van der Waals surface area contributed by atoms with E-state index < -0.39 is 22.3 Å². The first kappa shape index (κ1) is 19.4. The maximum absolute atomic E-state index is 12.9. The molecule has 0 atom stereocenters. The number of hydrogen-bond donors (Lipinski definition) is 1. The lowest BCUT2D eigenvalue weighted by atomic mass is 10.1. The Hall–Kier alpha value is -2.93. The van der Waals surface area contributed by atoms with E-state index in [1.807, 2.05) is 0 Å². The van der Waals surface area contributed by atoms with Crippen LogP contribution in [0, 0.1) is 10.1 Å². The van der Waals surface area contributed by atoms with Crippen molar-refractivity contribution in [2.75, 3.05) is 0 Å². The molecule has 2 aromatic rings. The zero-order valence-electron chi connectivity index (χ0n) is 14.5. The van der Waals surface area contributed by atoms with Crippen molar-refractivity contribution in [3.63, 3.8) is 0 Å². The Morgan fingerprint density at radius 2 is 1.73 bits per heavy atom. The Balaban J connectivity index is 2.34. The van der Waals surface area contributed by atoms with Crippen molar-refractivity contribution < 1.29 is 14.5 Å². The van der Waals surface area contributed by atoms with Crippen LogP contribution >= 0.6 is 11.6 Å². The van der Waals surface area contributed by atoms with Gasteiger partial charge in [-0.3, -0.25) is 25.1 Å². The summed E-state index contributed by atoms with van der Waals surface area (Å²) < 4.78 is 0. The molecule has 2 rings (SSSR count). The highest BCUT2D eigenvalue weighted by molar-refractivity contribution is 6.34. The number of carbonyl (C=O) groups excluding carboxylic acids is 2. The summed E-state index contributed by atoms with van der Waals surface area (Å²) in [5.41, 5.74) is 2.06. The molecule has 2 aromatic carbocycles. The van der Waals surface area contributed by atoms with E-state index in [0.29, 0.717) is 5.56 Å². The Kier molecular flexibility index (Phi) is 5.62. The predicted octanol–water partition coefficient (Wildman–Crippen LogP) is 3.83. The van der Waals surface area contributed by atoms with E-state index in [0.717, 1.165) is 11.1 Å². The van der Waals surface area contributed by atoms with Gasteiger partial charge in [0.15, 0.2) is 0 Å². The second-order valence-electron chi connectivity index (χ2n) is 6.54. The van der Waals surface area contributed by atoms with Gasteiger partial charge < -0.3 is 0 Å². The van der Waals surface area contributed by atoms with Crippen LogP contribution in [-0.4, -0.2) is 27.3 Å². The summed E-state index contributed by atoms with van der Waals surface area (Å²) in [7, 11) is 0. The van der Waals surface area contributed by atoms with Crippen LogP contribution in [0.4, 0.5) is 5.69 Å². The fourth-order valence-corrected chi connectivity index (χ4v) is 2.45. The van der Waals surface area contributed by atoms with E-state index in [1.54, 1.807) is 51.1 Å². The molecule has 0 saturated carbocycles. The number of carbonyl (C=O) groups is 2. The van der Waals surface area contributed by atoms with Crippen LogP contribution in [0.1, 0.15) is 41.5 Å². The van der Waals surface area contributed by atoms with E-state index in [2.05, 4.69) is 5.43 Å². The van der Waals surface area contributed by atoms with Crippen molar-refractivity contribution in [3.05, 3.63) is 74.8 Å². The van der Waals surface area contributed by atoms with Crippen molar-refractivity contribution in [3.8, 4) is 0 Å². The molecular weight excluding hydrogens is 358 g/mol. The van der Waals surface area contributed by atoms with Crippen LogP contribution < -0.4 is 5.43 Å². The predicted molar refractivity (Wildman–Crippen MR) is 97.9 cm³/mol. The van der Waals surface area contributed by atoms with Crippen molar-refractivity contribution in [1.82, 2.24) is 10.4 Å². The van der Waals surface area contributed by atoms with E-state index in [9.17, 15) is 19.7 Å². The normalized spacial score (nSPS) is 10.9. The van der Waals surface area contributed by atoms with Gasteiger partial charge in [-0.1, -0.05) is 29.8 Å². The third kappa shape index (κ3) is 4.37. The van der Waals surface area contributed by atoms with Gasteiger partial charge in [0.2, 0.25) is 0 Å². The molecule has 0 saturated heterocycles. The average Bonchev–Trinajstić information content (AvgIpc) is 2.58. The van der Waals surface area contributed by atoms with Gasteiger partial charge in [-0.15, -0.1) is 0 Å². The topological polar surface area (TPSA) is 92.6 Å². The van der Waals surface area contributed by atoms with Gasteiger partial charge >= 0.3 is 0 Å². The number of amides is 2. The average molecular weight is 376 g/mol. The van der Waals surface area contributed by atoms with Crippen LogP contribution in [0.5, 0.6) is 0 Å². The molecule has 0 bridgehead atoms. The Morgan fingerprint density at radius 1 is 1.12 bits per heavy atom. The minimum atomic E-state index is -0.757. The first-order chi connectivity index (χ1) is 12.1. The molecule has 8 heteroatoms. The van der Waals surface area contributed by atoms with Gasteiger partial charge in [0.05, 0.1) is 21.0 Å². The molecule has 1 N–H and O–H groups in total. The molecular formula is C18H18ClN3O4. The van der Waals surface area contributed by atoms with E-state index >= 15 is 0 Å². The lowest BCUT2D eigenvalue weighted by Crippen LogP contribution is -2.55. The van der Waals surface area contributed by atoms with Gasteiger partial charge in [-0.05, 0) is 39.0 Å². The third-order valence-electron chi connectivity index (χ3n) is 3.52. The molecule has 0 fully saturated rings. The van der Waals surface area contributed by atoms with Crippen LogP contribution in [0.25, 0.3) is 0 Å². The number of nitrogens with one attached hydrogen (secondary N) is 1. The van der Waals surface area contributed by atoms with Gasteiger partial charge in [0, 0.05) is 17.7 Å². The summed E-state index contributed by atoms with van der Waals surface area (Å²) in [5, 5.41) is 11.9. The molecule has 0 radical (unpaired) electrons. The number of benzene rings is 2. The summed E-state index contributed by atoms with van der Waals surface area (Å²) in [6.07, 6.45) is 0. The molecule has 26 heavy (non-hydrogen) atoms. The third-order valence-corrected chi connectivity index (χ3v) is 3.83. The lowest BCUT2D eigenvalue weighted by Gasteiger charge is -2.35. The fourth-order valence-electron chi connectivity index (χ4n) is 2.19. The van der Waals surface area contributed by atoms with Gasteiger partial charge in [0.1, 0.15) is 0 Å². The molecule has 0 heterocycles. The van der Waals surface area contributed by atoms with Gasteiger partial charge in [0.25, 0.3) is 17.5 Å². The largest absolute Gasteiger partial charge is 0.274 e. The zero-order chi connectivity index (χ0) is 19.5. The zero-order valence-corrected chi connectivity index (χ0v) is 15.3. The molecule has 0 aromatic heterocycles. The van der Waals surface area contributed by atoms with Crippen LogP contribution in [0.15, 0.2) is 48.5 Å². The maximum Gasteiger partial charge on any atom is 0.274 e. The first-order valence-corrected chi connectivity index (χ1v) is 8.13. The van der Waals surface area contributed by atoms with E-state index in [1.165, 1.54) is 12.1 Å². The molecule has 7 nitrogen and oxygen atoms in total. The second kappa shape index (κ2) is 7.53. The maximum atomic E-state index is 12.9. The Morgan fingerprint density at radius 3 is 2.23 bits per heavy atom. The van der Waals surface area contributed by atoms with Crippen LogP contribution in [-0.2, 0) is 0 Å². The number of halogens is 1. The van der Waals surface area contributed by atoms with E-state index in [-0.39, 0.29) is 16.3 Å². The Labute approximate surface area is 155 Å². The SMILES string of the molecule is CC(C)(C)N(NC(=O)c1ccccc1)C(=O)c1ccc([N+](=O)[O-])cc1Cl. The number of nitro groups is 1. The second-order valence-corrected chi connectivity index (χ2v) is 6.95. The Bertz CT molecular complexity index is 847. The van der Waals surface area contributed by atoms with Crippen LogP contribution in [0.2, 0.25) is 5.02 Å². The smallest absolute Gasteiger partial charge is 0.267 e. The number of non-ortho nitro benzene ring substituents is 1. The summed E-state index contributed by atoms with van der Waals surface area (Å²) in [5.74, 6) is -1.02. The minimum absolute atomic E-state index is 0.0561. The highest BCUT2D eigenvalue weighted by Crippen LogP contribution is 2.25. The van der Waals surface area contributed by atoms with Crippen molar-refractivity contribution in [1.29, 1.82) is 0 Å². The highest BCUT2D eigenvalue weighted by Gasteiger charge is 2.31. The van der Waals surface area contributed by atoms with E-state index in [4.69, 9.17) is 11.6 Å². The fraction of sp³-hybridized carbons (Fsp3) is 0.222. The summed E-state index contributed by atoms with van der Waals surface area (Å²) in [6, 6.07) is 12.0. The summed E-state index contributed by atoms with van der Waals surface area (Å²) in [6.45, 7) is 5.24. The van der Waals surface area contributed by atoms with Gasteiger partial charge in [-0.2, -0.15) is 0 Å². The molecule has 0 aliphatic carbocycles. The van der Waals surface area contributed by atoms with Crippen LogP contribution in [0.3, 0.4) is 0 Å². The van der Waals surface area contributed by atoms with Crippen molar-refractivity contribution >= 4 is 29.1 Å². The molecule has 0 aliphatic rings. The lowest BCUT2D eigenvalue weighted by molar-refractivity contribution is -0.384. The van der Waals surface area contributed by atoms with Crippen molar-refractivity contribution in [2.45, 2.75) is 26.3 Å². The number of hydrazine groups is 1. The number of hydrogen-bond acceptors (Lipinski definition) is 4. The minimum Gasteiger partial charge on any atom is -0.267 e.